The second-order valence-electron chi connectivity index (χ2n) is 6.00. The molecule has 19 heavy (non-hydrogen) atoms. The zero-order valence-electron chi connectivity index (χ0n) is 13.1. The van der Waals surface area contributed by atoms with Gasteiger partial charge in [-0.2, -0.15) is 0 Å². The van der Waals surface area contributed by atoms with Gasteiger partial charge in [0.15, 0.2) is 0 Å². The molecule has 0 saturated carbocycles. The van der Waals surface area contributed by atoms with Crippen molar-refractivity contribution in [3.05, 3.63) is 29.3 Å². The molecule has 0 aliphatic carbocycles. The smallest absolute Gasteiger partial charge is 0.122 e. The Balaban J connectivity index is 2.38. The van der Waals surface area contributed by atoms with E-state index in [9.17, 15) is 0 Å². The van der Waals surface area contributed by atoms with Gasteiger partial charge in [0.1, 0.15) is 5.75 Å². The van der Waals surface area contributed by atoms with Crippen molar-refractivity contribution in [3.8, 4) is 5.75 Å². The van der Waals surface area contributed by atoms with Crippen LogP contribution in [0.25, 0.3) is 0 Å². The highest BCUT2D eigenvalue weighted by Crippen LogP contribution is 2.27. The minimum absolute atomic E-state index is 0.509. The quantitative estimate of drug-likeness (QED) is 0.712. The second-order valence-corrected chi connectivity index (χ2v) is 6.00. The lowest BCUT2D eigenvalue weighted by Gasteiger charge is -2.15. The molecule has 2 nitrogen and oxygen atoms in total. The molecule has 0 heterocycles. The van der Waals surface area contributed by atoms with Crippen molar-refractivity contribution in [2.45, 2.75) is 47.0 Å². The maximum absolute atomic E-state index is 5.95. The topological polar surface area (TPSA) is 21.3 Å². The van der Waals surface area contributed by atoms with Gasteiger partial charge in [0.2, 0.25) is 0 Å². The van der Waals surface area contributed by atoms with Crippen molar-refractivity contribution in [1.29, 1.82) is 0 Å². The predicted octanol–water partition coefficient (Wildman–Crippen LogP) is 4.13. The monoisotopic (exact) mass is 263 g/mol. The first-order valence-electron chi connectivity index (χ1n) is 7.44. The van der Waals surface area contributed by atoms with E-state index >= 15 is 0 Å². The van der Waals surface area contributed by atoms with Crippen LogP contribution in [0.4, 0.5) is 0 Å². The Morgan fingerprint density at radius 2 is 1.89 bits per heavy atom. The van der Waals surface area contributed by atoms with E-state index in [-0.39, 0.29) is 0 Å². The van der Waals surface area contributed by atoms with E-state index in [0.717, 1.165) is 31.9 Å². The van der Waals surface area contributed by atoms with Gasteiger partial charge >= 0.3 is 0 Å². The summed E-state index contributed by atoms with van der Waals surface area (Å²) in [6, 6.07) is 6.50. The second kappa shape index (κ2) is 8.21. The number of rotatable bonds is 8. The van der Waals surface area contributed by atoms with Gasteiger partial charge in [0.25, 0.3) is 0 Å². The summed E-state index contributed by atoms with van der Waals surface area (Å²) < 4.78 is 5.95. The first-order chi connectivity index (χ1) is 9.00. The molecular formula is C17H29NO. The van der Waals surface area contributed by atoms with E-state index in [1.165, 1.54) is 11.1 Å². The van der Waals surface area contributed by atoms with E-state index in [1.54, 1.807) is 0 Å². The van der Waals surface area contributed by atoms with Crippen molar-refractivity contribution < 1.29 is 4.74 Å². The van der Waals surface area contributed by atoms with Gasteiger partial charge in [-0.15, -0.1) is 0 Å². The van der Waals surface area contributed by atoms with Crippen LogP contribution < -0.4 is 10.1 Å². The fraction of sp³-hybridized carbons (Fsp3) is 0.647. The molecular weight excluding hydrogens is 234 g/mol. The van der Waals surface area contributed by atoms with E-state index in [2.05, 4.69) is 58.1 Å². The van der Waals surface area contributed by atoms with Gasteiger partial charge in [0.05, 0.1) is 6.61 Å². The molecule has 0 aromatic heterocycles. The number of ether oxygens (including phenoxy) is 1. The molecule has 2 heteroatoms. The molecule has 0 spiro atoms. The largest absolute Gasteiger partial charge is 0.493 e. The number of aryl methyl sites for hydroxylation is 1. The highest BCUT2D eigenvalue weighted by molar-refractivity contribution is 5.39. The summed E-state index contributed by atoms with van der Waals surface area (Å²) in [5, 5.41) is 3.44. The molecule has 108 valence electrons. The van der Waals surface area contributed by atoms with E-state index in [0.29, 0.717) is 11.8 Å². The van der Waals surface area contributed by atoms with E-state index in [4.69, 9.17) is 4.74 Å². The lowest BCUT2D eigenvalue weighted by atomic mass is 10.0. The molecule has 1 rings (SSSR count). The molecule has 0 aliphatic rings. The molecule has 1 aromatic rings. The highest BCUT2D eigenvalue weighted by atomic mass is 16.5. The van der Waals surface area contributed by atoms with Crippen LogP contribution in [0.5, 0.6) is 5.75 Å². The summed E-state index contributed by atoms with van der Waals surface area (Å²) in [5.74, 6) is 2.28. The fourth-order valence-electron chi connectivity index (χ4n) is 2.01. The molecule has 0 fully saturated rings. The van der Waals surface area contributed by atoms with Crippen molar-refractivity contribution >= 4 is 0 Å². The van der Waals surface area contributed by atoms with Gasteiger partial charge in [-0.1, -0.05) is 39.8 Å². The molecule has 1 aromatic carbocycles. The third-order valence-electron chi connectivity index (χ3n) is 3.10. The average molecular weight is 263 g/mol. The Kier molecular flexibility index (Phi) is 6.93. The van der Waals surface area contributed by atoms with Crippen LogP contribution in [0.2, 0.25) is 0 Å². The number of hydrogen-bond donors (Lipinski definition) is 1. The van der Waals surface area contributed by atoms with Crippen molar-refractivity contribution in [2.75, 3.05) is 19.7 Å². The van der Waals surface area contributed by atoms with Gasteiger partial charge in [-0.25, -0.2) is 0 Å². The van der Waals surface area contributed by atoms with Crippen molar-refractivity contribution in [2.24, 2.45) is 5.92 Å². The van der Waals surface area contributed by atoms with Crippen LogP contribution in [0.3, 0.4) is 0 Å². The van der Waals surface area contributed by atoms with Crippen molar-refractivity contribution in [1.82, 2.24) is 5.32 Å². The summed E-state index contributed by atoms with van der Waals surface area (Å²) in [4.78, 5) is 0. The normalized spacial score (nSPS) is 11.3. The molecule has 0 atom stereocenters. The zero-order chi connectivity index (χ0) is 14.3. The summed E-state index contributed by atoms with van der Waals surface area (Å²) in [6.45, 7) is 13.9. The number of benzene rings is 1. The minimum atomic E-state index is 0.509. The minimum Gasteiger partial charge on any atom is -0.493 e. The lowest BCUT2D eigenvalue weighted by Crippen LogP contribution is -2.22. The Bertz CT molecular complexity index is 372. The number of nitrogens with one attached hydrogen (secondary N) is 1. The van der Waals surface area contributed by atoms with Crippen LogP contribution in [0.1, 0.15) is 51.2 Å². The summed E-state index contributed by atoms with van der Waals surface area (Å²) >= 11 is 0. The van der Waals surface area contributed by atoms with Crippen LogP contribution in [0, 0.1) is 12.8 Å². The predicted molar refractivity (Wildman–Crippen MR) is 83.1 cm³/mol. The molecule has 1 N–H and O–H groups in total. The molecule has 0 bridgehead atoms. The molecule has 0 aliphatic heterocycles. The zero-order valence-corrected chi connectivity index (χ0v) is 13.1. The lowest BCUT2D eigenvalue weighted by molar-refractivity contribution is 0.303. The van der Waals surface area contributed by atoms with E-state index < -0.39 is 0 Å². The summed E-state index contributed by atoms with van der Waals surface area (Å²) in [5.41, 5.74) is 2.57. The third-order valence-corrected chi connectivity index (χ3v) is 3.10. The van der Waals surface area contributed by atoms with Gasteiger partial charge in [0, 0.05) is 0 Å². The SMILES string of the molecule is Cc1ccc(C(C)C)c(OCCCNCC(C)C)c1. The van der Waals surface area contributed by atoms with Gasteiger partial charge in [-0.05, 0) is 55.5 Å². The molecule has 0 saturated heterocycles. The van der Waals surface area contributed by atoms with E-state index in [1.807, 2.05) is 0 Å². The Morgan fingerprint density at radius 1 is 1.16 bits per heavy atom. The summed E-state index contributed by atoms with van der Waals surface area (Å²) in [7, 11) is 0. The first-order valence-corrected chi connectivity index (χ1v) is 7.44. The van der Waals surface area contributed by atoms with Crippen LogP contribution in [-0.2, 0) is 0 Å². The first kappa shape index (κ1) is 16.0. The van der Waals surface area contributed by atoms with Crippen LogP contribution in [-0.4, -0.2) is 19.7 Å². The maximum Gasteiger partial charge on any atom is 0.122 e. The highest BCUT2D eigenvalue weighted by Gasteiger charge is 2.07. The van der Waals surface area contributed by atoms with Crippen molar-refractivity contribution in [3.63, 3.8) is 0 Å². The maximum atomic E-state index is 5.95. The van der Waals surface area contributed by atoms with Crippen LogP contribution in [0.15, 0.2) is 18.2 Å². The third kappa shape index (κ3) is 6.11. The standard InChI is InChI=1S/C17H29NO/c1-13(2)12-18-9-6-10-19-17-11-15(5)7-8-16(17)14(3)4/h7-8,11,13-14,18H,6,9-10,12H2,1-5H3. The summed E-state index contributed by atoms with van der Waals surface area (Å²) in [6.07, 6.45) is 1.05. The van der Waals surface area contributed by atoms with Gasteiger partial charge in [-0.3, -0.25) is 0 Å². The van der Waals surface area contributed by atoms with Gasteiger partial charge < -0.3 is 10.1 Å². The molecule has 0 radical (unpaired) electrons. The molecule has 0 unspecified atom stereocenters. The molecule has 0 amide bonds. The Morgan fingerprint density at radius 3 is 2.53 bits per heavy atom. The number of hydrogen-bond acceptors (Lipinski definition) is 2. The average Bonchev–Trinajstić information content (AvgIpc) is 2.33. The Labute approximate surface area is 118 Å². The Hall–Kier alpha value is -1.02. The fourth-order valence-corrected chi connectivity index (χ4v) is 2.01. The van der Waals surface area contributed by atoms with Crippen LogP contribution >= 0.6 is 0 Å².